The lowest BCUT2D eigenvalue weighted by Crippen LogP contribution is -2.20. The number of carbonyl (C=O) groups excluding carboxylic acids is 2. The number of ketones is 2. The van der Waals surface area contributed by atoms with Crippen LogP contribution in [0.2, 0.25) is 0 Å². The van der Waals surface area contributed by atoms with Crippen LogP contribution in [0.5, 0.6) is 0 Å². The Morgan fingerprint density at radius 3 is 1.17 bits per heavy atom. The van der Waals surface area contributed by atoms with Crippen LogP contribution in [0.3, 0.4) is 0 Å². The van der Waals surface area contributed by atoms with Gasteiger partial charge in [-0.15, -0.1) is 0 Å². The standard InChI is InChI=1S/C14H8O2.C12H8N2/c15-13-9-5-1-2-6-10(9)14(16)12-8-4-3-7-11(12)13;1-3-9-5-6-10-4-2-8-14-12(10)11(9)13-7-1/h1-8H;1-8H. The fraction of sp³-hybridized carbons (Fsp3) is 0. The molecule has 0 atom stereocenters. The lowest BCUT2D eigenvalue weighted by molar-refractivity contribution is 0.0979. The summed E-state index contributed by atoms with van der Waals surface area (Å²) < 4.78 is 0. The molecular weight excluding hydrogens is 372 g/mol. The molecule has 0 bridgehead atoms. The van der Waals surface area contributed by atoms with E-state index in [1.54, 1.807) is 60.9 Å². The summed E-state index contributed by atoms with van der Waals surface area (Å²) in [4.78, 5) is 32.9. The Kier molecular flexibility index (Phi) is 4.37. The molecule has 1 aliphatic carbocycles. The van der Waals surface area contributed by atoms with Crippen LogP contribution in [-0.2, 0) is 0 Å². The van der Waals surface area contributed by atoms with Gasteiger partial charge in [0, 0.05) is 45.4 Å². The van der Waals surface area contributed by atoms with E-state index in [-0.39, 0.29) is 11.6 Å². The van der Waals surface area contributed by atoms with E-state index in [1.165, 1.54) is 0 Å². The summed E-state index contributed by atoms with van der Waals surface area (Å²) >= 11 is 0. The third-order valence-corrected chi connectivity index (χ3v) is 5.18. The Labute approximate surface area is 172 Å². The Balaban J connectivity index is 0.000000130. The second kappa shape index (κ2) is 7.33. The predicted octanol–water partition coefficient (Wildman–Crippen LogP) is 5.25. The molecule has 5 aromatic rings. The van der Waals surface area contributed by atoms with Gasteiger partial charge in [-0.1, -0.05) is 72.8 Å². The van der Waals surface area contributed by atoms with Gasteiger partial charge in [0.2, 0.25) is 0 Å². The van der Waals surface area contributed by atoms with Gasteiger partial charge in [0.15, 0.2) is 11.6 Å². The summed E-state index contributed by atoms with van der Waals surface area (Å²) in [6.45, 7) is 0. The normalized spacial score (nSPS) is 12.1. The number of nitrogens with zero attached hydrogens (tertiary/aromatic N) is 2. The summed E-state index contributed by atoms with van der Waals surface area (Å²) in [6.07, 6.45) is 3.60. The lowest BCUT2D eigenvalue weighted by Gasteiger charge is -2.16. The summed E-state index contributed by atoms with van der Waals surface area (Å²) in [6, 6.07) is 26.0. The van der Waals surface area contributed by atoms with E-state index in [4.69, 9.17) is 0 Å². The maximum Gasteiger partial charge on any atom is 0.194 e. The van der Waals surface area contributed by atoms with Crippen LogP contribution >= 0.6 is 0 Å². The highest BCUT2D eigenvalue weighted by Gasteiger charge is 2.28. The van der Waals surface area contributed by atoms with E-state index in [2.05, 4.69) is 34.2 Å². The van der Waals surface area contributed by atoms with E-state index >= 15 is 0 Å². The van der Waals surface area contributed by atoms with Crippen molar-refractivity contribution in [3.05, 3.63) is 120 Å². The first-order valence-electron chi connectivity index (χ1n) is 9.60. The Bertz CT molecular complexity index is 1280. The molecule has 0 radical (unpaired) electrons. The molecule has 0 N–H and O–H groups in total. The van der Waals surface area contributed by atoms with Gasteiger partial charge in [0.25, 0.3) is 0 Å². The Hall–Kier alpha value is -4.18. The minimum atomic E-state index is -0.0641. The zero-order valence-corrected chi connectivity index (χ0v) is 15.9. The molecule has 0 amide bonds. The molecule has 142 valence electrons. The molecule has 0 unspecified atom stereocenters. The Morgan fingerprint density at radius 1 is 0.433 bits per heavy atom. The van der Waals surface area contributed by atoms with E-state index in [9.17, 15) is 9.59 Å². The highest BCUT2D eigenvalue weighted by atomic mass is 16.1. The van der Waals surface area contributed by atoms with Crippen molar-refractivity contribution in [2.45, 2.75) is 0 Å². The molecule has 2 aromatic heterocycles. The van der Waals surface area contributed by atoms with Crippen molar-refractivity contribution in [3.8, 4) is 0 Å². The second-order valence-electron chi connectivity index (χ2n) is 6.97. The number of hydrogen-bond donors (Lipinski definition) is 0. The molecule has 2 heterocycles. The van der Waals surface area contributed by atoms with Gasteiger partial charge in [-0.3, -0.25) is 19.6 Å². The smallest absolute Gasteiger partial charge is 0.194 e. The number of aromatic nitrogens is 2. The van der Waals surface area contributed by atoms with E-state index < -0.39 is 0 Å². The number of hydrogen-bond acceptors (Lipinski definition) is 4. The van der Waals surface area contributed by atoms with E-state index in [0.29, 0.717) is 22.3 Å². The van der Waals surface area contributed by atoms with Gasteiger partial charge in [0.05, 0.1) is 11.0 Å². The maximum atomic E-state index is 12.1. The van der Waals surface area contributed by atoms with Gasteiger partial charge >= 0.3 is 0 Å². The van der Waals surface area contributed by atoms with Crippen molar-refractivity contribution in [3.63, 3.8) is 0 Å². The molecule has 4 nitrogen and oxygen atoms in total. The van der Waals surface area contributed by atoms with Crippen LogP contribution in [0.4, 0.5) is 0 Å². The van der Waals surface area contributed by atoms with Crippen molar-refractivity contribution in [2.24, 2.45) is 0 Å². The molecule has 3 aromatic carbocycles. The quantitative estimate of drug-likeness (QED) is 0.334. The van der Waals surface area contributed by atoms with Crippen molar-refractivity contribution in [2.75, 3.05) is 0 Å². The van der Waals surface area contributed by atoms with Crippen LogP contribution in [0.15, 0.2) is 97.3 Å². The number of benzene rings is 3. The summed E-state index contributed by atoms with van der Waals surface area (Å²) in [5.41, 5.74) is 3.98. The van der Waals surface area contributed by atoms with Gasteiger partial charge in [0.1, 0.15) is 0 Å². The third kappa shape index (κ3) is 2.95. The molecule has 1 aliphatic rings. The SMILES string of the molecule is O=C1c2ccccc2C(=O)c2ccccc21.c1cnc2c(c1)ccc1cccnc12. The van der Waals surface area contributed by atoms with Gasteiger partial charge < -0.3 is 0 Å². The third-order valence-electron chi connectivity index (χ3n) is 5.18. The minimum absolute atomic E-state index is 0.0641. The molecule has 0 saturated heterocycles. The lowest BCUT2D eigenvalue weighted by atomic mass is 9.84. The van der Waals surface area contributed by atoms with Crippen molar-refractivity contribution in [1.82, 2.24) is 9.97 Å². The van der Waals surface area contributed by atoms with Gasteiger partial charge in [-0.25, -0.2) is 0 Å². The molecular formula is C26H16N2O2. The molecule has 30 heavy (non-hydrogen) atoms. The highest BCUT2D eigenvalue weighted by Crippen LogP contribution is 2.26. The van der Waals surface area contributed by atoms with Gasteiger partial charge in [-0.05, 0) is 12.1 Å². The number of carbonyl (C=O) groups is 2. The van der Waals surface area contributed by atoms with Crippen LogP contribution in [-0.4, -0.2) is 21.5 Å². The van der Waals surface area contributed by atoms with Crippen LogP contribution in [0, 0.1) is 0 Å². The van der Waals surface area contributed by atoms with Crippen molar-refractivity contribution >= 4 is 33.4 Å². The highest BCUT2D eigenvalue weighted by molar-refractivity contribution is 6.28. The first-order valence-corrected chi connectivity index (χ1v) is 9.60. The van der Waals surface area contributed by atoms with Crippen LogP contribution in [0.25, 0.3) is 21.8 Å². The number of rotatable bonds is 0. The average molecular weight is 388 g/mol. The zero-order valence-electron chi connectivity index (χ0n) is 15.9. The first kappa shape index (κ1) is 17.9. The number of pyridine rings is 2. The molecule has 6 rings (SSSR count). The van der Waals surface area contributed by atoms with Crippen LogP contribution < -0.4 is 0 Å². The predicted molar refractivity (Wildman–Crippen MR) is 117 cm³/mol. The average Bonchev–Trinajstić information content (AvgIpc) is 2.83. The molecule has 0 aliphatic heterocycles. The summed E-state index contributed by atoms with van der Waals surface area (Å²) in [7, 11) is 0. The first-order chi connectivity index (χ1) is 14.7. The molecule has 0 spiro atoms. The fourth-order valence-electron chi connectivity index (χ4n) is 3.73. The van der Waals surface area contributed by atoms with Crippen molar-refractivity contribution in [1.29, 1.82) is 0 Å². The summed E-state index contributed by atoms with van der Waals surface area (Å²) in [5, 5.41) is 2.28. The largest absolute Gasteiger partial charge is 0.289 e. The van der Waals surface area contributed by atoms with Crippen molar-refractivity contribution < 1.29 is 9.59 Å². The number of fused-ring (bicyclic) bond motifs is 5. The minimum Gasteiger partial charge on any atom is -0.289 e. The van der Waals surface area contributed by atoms with Crippen LogP contribution in [0.1, 0.15) is 31.8 Å². The molecule has 0 fully saturated rings. The fourth-order valence-corrected chi connectivity index (χ4v) is 3.73. The van der Waals surface area contributed by atoms with Gasteiger partial charge in [-0.2, -0.15) is 0 Å². The zero-order chi connectivity index (χ0) is 20.5. The molecule has 0 saturated carbocycles. The second-order valence-corrected chi connectivity index (χ2v) is 6.97. The molecule has 4 heteroatoms. The summed E-state index contributed by atoms with van der Waals surface area (Å²) in [5.74, 6) is -0.128. The monoisotopic (exact) mass is 388 g/mol. The van der Waals surface area contributed by atoms with E-state index in [1.807, 2.05) is 12.1 Å². The Morgan fingerprint density at radius 2 is 0.800 bits per heavy atom. The van der Waals surface area contributed by atoms with E-state index in [0.717, 1.165) is 21.8 Å². The topological polar surface area (TPSA) is 59.9 Å². The maximum absolute atomic E-state index is 12.1.